The lowest BCUT2D eigenvalue weighted by Gasteiger charge is -2.19. The van der Waals surface area contributed by atoms with E-state index < -0.39 is 6.10 Å². The number of methoxy groups -OCH3 is 1. The van der Waals surface area contributed by atoms with Gasteiger partial charge in [-0.25, -0.2) is 0 Å². The molecule has 0 saturated carbocycles. The molecule has 6 nitrogen and oxygen atoms in total. The maximum absolute atomic E-state index is 9.85. The SMILES string of the molecule is COCC(CCO)NCC(O)COc1ccc(C#N)cc1. The van der Waals surface area contributed by atoms with Crippen LogP contribution < -0.4 is 10.1 Å². The van der Waals surface area contributed by atoms with Crippen LogP contribution in [-0.4, -0.2) is 55.8 Å². The lowest BCUT2D eigenvalue weighted by atomic mass is 10.2. The molecule has 0 aliphatic heterocycles. The molecular formula is C15H22N2O4. The quantitative estimate of drug-likeness (QED) is 0.574. The molecule has 3 N–H and O–H groups in total. The summed E-state index contributed by atoms with van der Waals surface area (Å²) in [5.74, 6) is 0.608. The second-order valence-electron chi connectivity index (χ2n) is 4.67. The molecule has 0 aliphatic carbocycles. The van der Waals surface area contributed by atoms with E-state index in [4.69, 9.17) is 19.8 Å². The van der Waals surface area contributed by atoms with Gasteiger partial charge in [-0.05, 0) is 30.7 Å². The number of hydrogen-bond donors (Lipinski definition) is 3. The van der Waals surface area contributed by atoms with Crippen molar-refractivity contribution in [1.82, 2.24) is 5.32 Å². The van der Waals surface area contributed by atoms with Gasteiger partial charge in [-0.1, -0.05) is 0 Å². The van der Waals surface area contributed by atoms with Crippen LogP contribution in [0.25, 0.3) is 0 Å². The molecule has 2 atom stereocenters. The van der Waals surface area contributed by atoms with Gasteiger partial charge in [0.1, 0.15) is 18.5 Å². The summed E-state index contributed by atoms with van der Waals surface area (Å²) < 4.78 is 10.5. The molecule has 0 amide bonds. The third kappa shape index (κ3) is 7.06. The second-order valence-corrected chi connectivity index (χ2v) is 4.67. The van der Waals surface area contributed by atoms with Crippen molar-refractivity contribution in [3.8, 4) is 11.8 Å². The Labute approximate surface area is 124 Å². The number of ether oxygens (including phenoxy) is 2. The minimum absolute atomic E-state index is 0.00422. The van der Waals surface area contributed by atoms with Crippen molar-refractivity contribution in [2.45, 2.75) is 18.6 Å². The topological polar surface area (TPSA) is 94.7 Å². The minimum Gasteiger partial charge on any atom is -0.491 e. The van der Waals surface area contributed by atoms with E-state index in [0.29, 0.717) is 30.9 Å². The van der Waals surface area contributed by atoms with E-state index in [1.807, 2.05) is 6.07 Å². The summed E-state index contributed by atoms with van der Waals surface area (Å²) in [7, 11) is 1.59. The summed E-state index contributed by atoms with van der Waals surface area (Å²) in [5.41, 5.74) is 0.566. The molecule has 0 bridgehead atoms. The van der Waals surface area contributed by atoms with Crippen molar-refractivity contribution in [1.29, 1.82) is 5.26 Å². The fourth-order valence-electron chi connectivity index (χ4n) is 1.78. The predicted octanol–water partition coefficient (Wildman–Crippen LogP) is 0.285. The van der Waals surface area contributed by atoms with Crippen molar-refractivity contribution in [3.05, 3.63) is 29.8 Å². The predicted molar refractivity (Wildman–Crippen MR) is 78.0 cm³/mol. The largest absolute Gasteiger partial charge is 0.491 e. The molecule has 116 valence electrons. The van der Waals surface area contributed by atoms with Gasteiger partial charge < -0.3 is 25.0 Å². The van der Waals surface area contributed by atoms with Crippen LogP contribution >= 0.6 is 0 Å². The average molecular weight is 294 g/mol. The molecule has 0 aliphatic rings. The Kier molecular flexibility index (Phi) is 8.40. The summed E-state index contributed by atoms with van der Waals surface area (Å²) in [6, 6.07) is 8.74. The van der Waals surface area contributed by atoms with Gasteiger partial charge in [-0.2, -0.15) is 5.26 Å². The maximum Gasteiger partial charge on any atom is 0.119 e. The second kappa shape index (κ2) is 10.1. The van der Waals surface area contributed by atoms with E-state index in [1.54, 1.807) is 31.4 Å². The molecule has 0 saturated heterocycles. The average Bonchev–Trinajstić information content (AvgIpc) is 2.51. The molecule has 1 rings (SSSR count). The summed E-state index contributed by atoms with van der Waals surface area (Å²) in [4.78, 5) is 0. The van der Waals surface area contributed by atoms with Crippen molar-refractivity contribution in [2.75, 3.05) is 33.5 Å². The fraction of sp³-hybridized carbons (Fsp3) is 0.533. The van der Waals surface area contributed by atoms with Crippen molar-refractivity contribution >= 4 is 0 Å². The van der Waals surface area contributed by atoms with Crippen LogP contribution in [-0.2, 0) is 4.74 Å². The first-order valence-electron chi connectivity index (χ1n) is 6.83. The molecule has 1 aromatic rings. The molecule has 21 heavy (non-hydrogen) atoms. The van der Waals surface area contributed by atoms with Gasteiger partial charge in [0.15, 0.2) is 0 Å². The van der Waals surface area contributed by atoms with Gasteiger partial charge >= 0.3 is 0 Å². The molecule has 0 fully saturated rings. The minimum atomic E-state index is -0.668. The summed E-state index contributed by atoms with van der Waals surface area (Å²) >= 11 is 0. The van der Waals surface area contributed by atoms with Crippen molar-refractivity contribution in [2.24, 2.45) is 0 Å². The highest BCUT2D eigenvalue weighted by Crippen LogP contribution is 2.11. The van der Waals surface area contributed by atoms with Crippen molar-refractivity contribution in [3.63, 3.8) is 0 Å². The third-order valence-electron chi connectivity index (χ3n) is 2.91. The summed E-state index contributed by atoms with van der Waals surface area (Å²) in [5, 5.41) is 30.6. The third-order valence-corrected chi connectivity index (χ3v) is 2.91. The van der Waals surface area contributed by atoms with Crippen LogP contribution in [0.1, 0.15) is 12.0 Å². The first-order valence-corrected chi connectivity index (χ1v) is 6.83. The van der Waals surface area contributed by atoms with Gasteiger partial charge in [-0.15, -0.1) is 0 Å². The van der Waals surface area contributed by atoms with Gasteiger partial charge in [0.25, 0.3) is 0 Å². The van der Waals surface area contributed by atoms with E-state index in [9.17, 15) is 5.11 Å². The Morgan fingerprint density at radius 3 is 2.57 bits per heavy atom. The van der Waals surface area contributed by atoms with Crippen molar-refractivity contribution < 1.29 is 19.7 Å². The molecule has 0 aromatic heterocycles. The standard InChI is InChI=1S/C15H22N2O4/c1-20-10-13(6-7-18)17-9-14(19)11-21-15-4-2-12(8-16)3-5-15/h2-5,13-14,17-19H,6-7,9-11H2,1H3. The molecule has 0 spiro atoms. The van der Waals surface area contributed by atoms with Gasteiger partial charge in [0.05, 0.1) is 18.2 Å². The number of rotatable bonds is 10. The van der Waals surface area contributed by atoms with Crippen LogP contribution in [0.3, 0.4) is 0 Å². The Morgan fingerprint density at radius 2 is 2.00 bits per heavy atom. The van der Waals surface area contributed by atoms with Crippen LogP contribution in [0, 0.1) is 11.3 Å². The summed E-state index contributed by atoms with van der Waals surface area (Å²) in [6.07, 6.45) is -0.101. The van der Waals surface area contributed by atoms with E-state index in [1.165, 1.54) is 0 Å². The Bertz CT molecular complexity index is 424. The van der Waals surface area contributed by atoms with E-state index >= 15 is 0 Å². The normalized spacial score (nSPS) is 13.4. The smallest absolute Gasteiger partial charge is 0.119 e. The van der Waals surface area contributed by atoms with Crippen LogP contribution in [0.15, 0.2) is 24.3 Å². The molecule has 0 heterocycles. The molecule has 0 radical (unpaired) electrons. The number of aliphatic hydroxyl groups is 2. The van der Waals surface area contributed by atoms with Crippen LogP contribution in [0.5, 0.6) is 5.75 Å². The van der Waals surface area contributed by atoms with Gasteiger partial charge in [0, 0.05) is 26.3 Å². The van der Waals surface area contributed by atoms with E-state index in [-0.39, 0.29) is 19.3 Å². The molecule has 6 heteroatoms. The fourth-order valence-corrected chi connectivity index (χ4v) is 1.78. The lowest BCUT2D eigenvalue weighted by Crippen LogP contribution is -2.40. The zero-order chi connectivity index (χ0) is 15.5. The number of benzene rings is 1. The number of nitrogens with one attached hydrogen (secondary N) is 1. The number of hydrogen-bond acceptors (Lipinski definition) is 6. The zero-order valence-corrected chi connectivity index (χ0v) is 12.2. The molecule has 2 unspecified atom stereocenters. The Balaban J connectivity index is 2.29. The maximum atomic E-state index is 9.85. The first-order chi connectivity index (χ1) is 10.2. The van der Waals surface area contributed by atoms with E-state index in [0.717, 1.165) is 0 Å². The highest BCUT2D eigenvalue weighted by Gasteiger charge is 2.11. The highest BCUT2D eigenvalue weighted by molar-refractivity contribution is 5.34. The van der Waals surface area contributed by atoms with Crippen LogP contribution in [0.2, 0.25) is 0 Å². The van der Waals surface area contributed by atoms with E-state index in [2.05, 4.69) is 5.32 Å². The van der Waals surface area contributed by atoms with Gasteiger partial charge in [0.2, 0.25) is 0 Å². The number of nitrogens with zero attached hydrogens (tertiary/aromatic N) is 1. The number of aliphatic hydroxyl groups excluding tert-OH is 2. The monoisotopic (exact) mass is 294 g/mol. The highest BCUT2D eigenvalue weighted by atomic mass is 16.5. The first kappa shape index (κ1) is 17.4. The number of nitriles is 1. The Hall–Kier alpha value is -1.65. The summed E-state index contributed by atoms with van der Waals surface area (Å²) in [6.45, 7) is 1.05. The zero-order valence-electron chi connectivity index (χ0n) is 12.2. The lowest BCUT2D eigenvalue weighted by molar-refractivity contribution is 0.0919. The van der Waals surface area contributed by atoms with Crippen LogP contribution in [0.4, 0.5) is 0 Å². The molecule has 1 aromatic carbocycles. The Morgan fingerprint density at radius 1 is 1.29 bits per heavy atom. The van der Waals surface area contributed by atoms with Gasteiger partial charge in [-0.3, -0.25) is 0 Å². The molecular weight excluding hydrogens is 272 g/mol.